The highest BCUT2D eigenvalue weighted by Gasteiger charge is 2.80. The van der Waals surface area contributed by atoms with Crippen molar-refractivity contribution >= 4 is 29.8 Å². The van der Waals surface area contributed by atoms with Gasteiger partial charge < -0.3 is 38.6 Å². The summed E-state index contributed by atoms with van der Waals surface area (Å²) in [5, 5.41) is 24.2. The van der Waals surface area contributed by atoms with Gasteiger partial charge >= 0.3 is 29.8 Å². The molecule has 2 saturated carbocycles. The van der Waals surface area contributed by atoms with Crippen LogP contribution in [0.5, 0.6) is 0 Å². The first kappa shape index (κ1) is 32.9. The van der Waals surface area contributed by atoms with E-state index in [4.69, 9.17) is 28.4 Å². The quantitative estimate of drug-likeness (QED) is 0.197. The SMILES string of the molecule is CC(=O)OC1C2=C(C)C(O)CC(O)(C(OC(C)=O)C3C4(CO4)C(OC(C)=O)CC(OC(C)=O)C3(C)C1OC(C)=O)C2(C)C. The van der Waals surface area contributed by atoms with Gasteiger partial charge in [-0.3, -0.25) is 24.0 Å². The number of aliphatic hydroxyl groups excluding tert-OH is 1. The molecular weight excluding hydrogens is 568 g/mol. The van der Waals surface area contributed by atoms with E-state index in [0.717, 1.165) is 6.92 Å². The van der Waals surface area contributed by atoms with E-state index in [-0.39, 0.29) is 25.0 Å². The average molecular weight is 611 g/mol. The van der Waals surface area contributed by atoms with Gasteiger partial charge in [0.1, 0.15) is 29.5 Å². The third-order valence-electron chi connectivity index (χ3n) is 9.97. The van der Waals surface area contributed by atoms with Gasteiger partial charge in [-0.1, -0.05) is 20.8 Å². The van der Waals surface area contributed by atoms with Crippen molar-refractivity contribution in [1.29, 1.82) is 0 Å². The van der Waals surface area contributed by atoms with Crippen molar-refractivity contribution in [2.75, 3.05) is 6.61 Å². The van der Waals surface area contributed by atoms with E-state index in [2.05, 4.69) is 0 Å². The molecule has 0 aromatic rings. The Bertz CT molecular complexity index is 1250. The van der Waals surface area contributed by atoms with Crippen LogP contribution in [0.3, 0.4) is 0 Å². The van der Waals surface area contributed by atoms with E-state index >= 15 is 0 Å². The average Bonchev–Trinajstić information content (AvgIpc) is 3.63. The van der Waals surface area contributed by atoms with Crippen LogP contribution in [0, 0.1) is 16.7 Å². The second-order valence-corrected chi connectivity index (χ2v) is 13.0. The Morgan fingerprint density at radius 3 is 1.70 bits per heavy atom. The Kier molecular flexibility index (Phi) is 8.29. The number of rotatable bonds is 5. The van der Waals surface area contributed by atoms with Crippen molar-refractivity contribution in [3.63, 3.8) is 0 Å². The molecule has 13 nitrogen and oxygen atoms in total. The lowest BCUT2D eigenvalue weighted by Gasteiger charge is -2.64. The predicted molar refractivity (Wildman–Crippen MR) is 145 cm³/mol. The van der Waals surface area contributed by atoms with Gasteiger partial charge in [0.2, 0.25) is 0 Å². The minimum Gasteiger partial charge on any atom is -0.462 e. The molecule has 1 saturated heterocycles. The highest BCUT2D eigenvalue weighted by atomic mass is 16.6. The summed E-state index contributed by atoms with van der Waals surface area (Å²) in [5.74, 6) is -4.82. The minimum absolute atomic E-state index is 0.0123. The molecular formula is C30H42O13. The maximum Gasteiger partial charge on any atom is 0.303 e. The van der Waals surface area contributed by atoms with E-state index in [0.29, 0.717) is 5.57 Å². The Balaban J connectivity index is 2.18. The highest BCUT2D eigenvalue weighted by Crippen LogP contribution is 2.66. The van der Waals surface area contributed by atoms with Crippen LogP contribution in [-0.2, 0) is 52.4 Å². The number of ether oxygens (including phenoxy) is 6. The standard InChI is InChI=1S/C30H42O13/c1-13-19(36)11-30(37)26(43-18(6)35)24-28(9,20(39-14(2)31)10-21(40-15(3)32)29(24)12-38-29)25(42-17(5)34)23(41-16(4)33)22(13)27(30,7)8/h19-21,23-26,36-37H,10-12H2,1-9H3. The fraction of sp³-hybridized carbons (Fsp3) is 0.767. The molecule has 0 amide bonds. The smallest absolute Gasteiger partial charge is 0.303 e. The number of hydrogen-bond acceptors (Lipinski definition) is 13. The van der Waals surface area contributed by atoms with Crippen LogP contribution in [0.2, 0.25) is 0 Å². The van der Waals surface area contributed by atoms with Crippen molar-refractivity contribution in [3.05, 3.63) is 11.1 Å². The number of hydrogen-bond donors (Lipinski definition) is 2. The molecule has 1 aliphatic heterocycles. The topological polar surface area (TPSA) is 184 Å². The van der Waals surface area contributed by atoms with E-state index < -0.39 is 94.4 Å². The van der Waals surface area contributed by atoms with Crippen LogP contribution in [0.4, 0.5) is 0 Å². The van der Waals surface area contributed by atoms with Gasteiger partial charge in [0.25, 0.3) is 0 Å². The summed E-state index contributed by atoms with van der Waals surface area (Å²) in [6.45, 7) is 12.5. The molecule has 1 spiro atoms. The molecule has 10 atom stereocenters. The second kappa shape index (κ2) is 10.8. The Labute approximate surface area is 250 Å². The van der Waals surface area contributed by atoms with Gasteiger partial charge in [0.15, 0.2) is 12.2 Å². The molecule has 0 radical (unpaired) electrons. The summed E-state index contributed by atoms with van der Waals surface area (Å²) >= 11 is 0. The monoisotopic (exact) mass is 610 g/mol. The summed E-state index contributed by atoms with van der Waals surface area (Å²) in [5.41, 5.74) is -5.78. The van der Waals surface area contributed by atoms with Gasteiger partial charge in [0.05, 0.1) is 18.1 Å². The van der Waals surface area contributed by atoms with Gasteiger partial charge in [-0.15, -0.1) is 0 Å². The summed E-state index contributed by atoms with van der Waals surface area (Å²) in [4.78, 5) is 63.1. The molecule has 43 heavy (non-hydrogen) atoms. The number of carbonyl (C=O) groups excluding carboxylic acids is 5. The zero-order chi connectivity index (χ0) is 32.4. The highest BCUT2D eigenvalue weighted by molar-refractivity contribution is 5.70. The molecule has 0 aromatic carbocycles. The molecule has 3 fully saturated rings. The number of carbonyl (C=O) groups is 5. The summed E-state index contributed by atoms with van der Waals surface area (Å²) < 4.78 is 35.6. The van der Waals surface area contributed by atoms with Crippen molar-refractivity contribution in [1.82, 2.24) is 0 Å². The molecule has 3 aliphatic carbocycles. The zero-order valence-electron chi connectivity index (χ0n) is 26.0. The van der Waals surface area contributed by atoms with Gasteiger partial charge in [-0.05, 0) is 18.1 Å². The lowest BCUT2D eigenvalue weighted by atomic mass is 9.45. The molecule has 2 bridgehead atoms. The first-order chi connectivity index (χ1) is 19.7. The number of aliphatic hydroxyl groups is 2. The lowest BCUT2D eigenvalue weighted by Crippen LogP contribution is -2.76. The molecule has 13 heteroatoms. The Morgan fingerprint density at radius 1 is 0.767 bits per heavy atom. The third-order valence-corrected chi connectivity index (χ3v) is 9.97. The number of fused-ring (bicyclic) bond motifs is 4. The first-order valence-corrected chi connectivity index (χ1v) is 14.4. The minimum atomic E-state index is -2.05. The third kappa shape index (κ3) is 5.12. The molecule has 10 unspecified atom stereocenters. The van der Waals surface area contributed by atoms with Crippen molar-refractivity contribution < 1.29 is 62.6 Å². The number of epoxide rings is 1. The van der Waals surface area contributed by atoms with Crippen LogP contribution < -0.4 is 0 Å². The van der Waals surface area contributed by atoms with Crippen molar-refractivity contribution in [3.8, 4) is 0 Å². The van der Waals surface area contributed by atoms with Crippen LogP contribution >= 0.6 is 0 Å². The van der Waals surface area contributed by atoms with E-state index in [1.54, 1.807) is 27.7 Å². The fourth-order valence-corrected chi connectivity index (χ4v) is 8.11. The normalized spacial score (nSPS) is 41.1. The molecule has 240 valence electrons. The van der Waals surface area contributed by atoms with Crippen LogP contribution in [0.1, 0.15) is 75.2 Å². The van der Waals surface area contributed by atoms with Crippen LogP contribution in [0.15, 0.2) is 11.1 Å². The molecule has 4 aliphatic rings. The molecule has 0 aromatic heterocycles. The zero-order valence-corrected chi connectivity index (χ0v) is 26.0. The predicted octanol–water partition coefficient (Wildman–Crippen LogP) is 1.29. The van der Waals surface area contributed by atoms with E-state index in [1.165, 1.54) is 27.7 Å². The summed E-state index contributed by atoms with van der Waals surface area (Å²) in [6, 6.07) is 0. The number of esters is 5. The van der Waals surface area contributed by atoms with E-state index in [1.807, 2.05) is 0 Å². The lowest BCUT2D eigenvalue weighted by molar-refractivity contribution is -0.284. The van der Waals surface area contributed by atoms with Gasteiger partial charge in [0, 0.05) is 58.8 Å². The van der Waals surface area contributed by atoms with Crippen LogP contribution in [-0.4, -0.2) is 94.5 Å². The Morgan fingerprint density at radius 2 is 1.23 bits per heavy atom. The maximum absolute atomic E-state index is 12.8. The van der Waals surface area contributed by atoms with E-state index in [9.17, 15) is 34.2 Å². The summed E-state index contributed by atoms with van der Waals surface area (Å²) in [7, 11) is 0. The molecule has 2 N–H and O–H groups in total. The summed E-state index contributed by atoms with van der Waals surface area (Å²) in [6.07, 6.45) is -8.19. The van der Waals surface area contributed by atoms with Crippen molar-refractivity contribution in [2.24, 2.45) is 16.7 Å². The molecule has 1 heterocycles. The Hall–Kier alpha value is -3.03. The first-order valence-electron chi connectivity index (χ1n) is 14.4. The van der Waals surface area contributed by atoms with Gasteiger partial charge in [-0.2, -0.15) is 0 Å². The van der Waals surface area contributed by atoms with Crippen molar-refractivity contribution in [2.45, 2.75) is 123 Å². The maximum atomic E-state index is 12.8. The second-order valence-electron chi connectivity index (χ2n) is 13.0. The largest absolute Gasteiger partial charge is 0.462 e. The fourth-order valence-electron chi connectivity index (χ4n) is 8.11. The van der Waals surface area contributed by atoms with Crippen LogP contribution in [0.25, 0.3) is 0 Å². The molecule has 4 rings (SSSR count). The van der Waals surface area contributed by atoms with Gasteiger partial charge in [-0.25, -0.2) is 0 Å².